The molecule has 0 amide bonds. The molecule has 1 saturated heterocycles. The van der Waals surface area contributed by atoms with E-state index in [4.69, 9.17) is 16.6 Å². The maximum Gasteiger partial charge on any atom is 0.409 e. The molecule has 5 nitrogen and oxygen atoms in total. The van der Waals surface area contributed by atoms with Crippen LogP contribution in [0.4, 0.5) is 19.0 Å². The molecule has 8 heteroatoms. The molecule has 0 saturated carbocycles. The van der Waals surface area contributed by atoms with Crippen LogP contribution in [0.1, 0.15) is 18.5 Å². The highest BCUT2D eigenvalue weighted by atomic mass is 19.4. The summed E-state index contributed by atoms with van der Waals surface area (Å²) in [4.78, 5) is 4.48. The average Bonchev–Trinajstić information content (AvgIpc) is 2.70. The second kappa shape index (κ2) is 4.52. The summed E-state index contributed by atoms with van der Waals surface area (Å²) in [5, 5.41) is 15.4. The Labute approximate surface area is 107 Å². The summed E-state index contributed by atoms with van der Waals surface area (Å²) in [6.45, 7) is 0. The van der Waals surface area contributed by atoms with Gasteiger partial charge in [-0.05, 0) is 18.6 Å². The maximum absolute atomic E-state index is 12.9. The molecule has 1 aromatic rings. The molecule has 1 aliphatic heterocycles. The molecule has 1 atom stereocenters. The van der Waals surface area contributed by atoms with Crippen LogP contribution in [0.3, 0.4) is 0 Å². The molecule has 1 fully saturated rings. The number of rotatable bonds is 1. The summed E-state index contributed by atoms with van der Waals surface area (Å²) >= 11 is 0. The molecule has 102 valence electrons. The fraction of sp³-hybridized carbons (Fsp3) is 0.364. The van der Waals surface area contributed by atoms with Crippen molar-refractivity contribution in [3.8, 4) is 0 Å². The van der Waals surface area contributed by atoms with E-state index in [1.54, 1.807) is 0 Å². The van der Waals surface area contributed by atoms with Crippen LogP contribution in [0.15, 0.2) is 18.2 Å². The fourth-order valence-electron chi connectivity index (χ4n) is 2.02. The SMILES string of the molecule is N=C1CCC(C(F)(F)F)N1C(=N)c1cccc(N)n1. The van der Waals surface area contributed by atoms with Crippen LogP contribution in [0, 0.1) is 10.8 Å². The third-order valence-corrected chi connectivity index (χ3v) is 2.89. The van der Waals surface area contributed by atoms with E-state index in [2.05, 4.69) is 4.98 Å². The number of pyridine rings is 1. The van der Waals surface area contributed by atoms with E-state index in [9.17, 15) is 13.2 Å². The lowest BCUT2D eigenvalue weighted by atomic mass is 10.2. The first kappa shape index (κ1) is 13.3. The summed E-state index contributed by atoms with van der Waals surface area (Å²) in [7, 11) is 0. The molecular weight excluding hydrogens is 259 g/mol. The van der Waals surface area contributed by atoms with Crippen molar-refractivity contribution in [2.24, 2.45) is 0 Å². The number of hydrogen-bond acceptors (Lipinski definition) is 4. The van der Waals surface area contributed by atoms with E-state index in [1.807, 2.05) is 0 Å². The lowest BCUT2D eigenvalue weighted by molar-refractivity contribution is -0.163. The number of amidine groups is 2. The number of nitrogens with one attached hydrogen (secondary N) is 2. The molecule has 2 rings (SSSR count). The third-order valence-electron chi connectivity index (χ3n) is 2.89. The number of hydrogen-bond donors (Lipinski definition) is 3. The zero-order chi connectivity index (χ0) is 14.2. The van der Waals surface area contributed by atoms with Gasteiger partial charge in [-0.15, -0.1) is 0 Å². The van der Waals surface area contributed by atoms with Crippen LogP contribution >= 0.6 is 0 Å². The number of anilines is 1. The smallest absolute Gasteiger partial charge is 0.384 e. The maximum atomic E-state index is 12.9. The first-order valence-electron chi connectivity index (χ1n) is 5.55. The largest absolute Gasteiger partial charge is 0.409 e. The summed E-state index contributed by atoms with van der Waals surface area (Å²) in [5.74, 6) is -0.551. The Kier molecular flexibility index (Phi) is 3.17. The van der Waals surface area contributed by atoms with E-state index < -0.39 is 18.1 Å². The van der Waals surface area contributed by atoms with Crippen LogP contribution < -0.4 is 5.73 Å². The minimum atomic E-state index is -4.48. The molecular formula is C11H12F3N5. The van der Waals surface area contributed by atoms with E-state index in [1.165, 1.54) is 18.2 Å². The van der Waals surface area contributed by atoms with Crippen LogP contribution in [-0.2, 0) is 0 Å². The predicted octanol–water partition coefficient (Wildman–Crippen LogP) is 1.99. The molecule has 0 bridgehead atoms. The van der Waals surface area contributed by atoms with E-state index in [0.717, 1.165) is 0 Å². The van der Waals surface area contributed by atoms with Gasteiger partial charge in [0.1, 0.15) is 23.4 Å². The zero-order valence-corrected chi connectivity index (χ0v) is 9.83. The van der Waals surface area contributed by atoms with Gasteiger partial charge in [0.05, 0.1) is 0 Å². The zero-order valence-electron chi connectivity index (χ0n) is 9.83. The van der Waals surface area contributed by atoms with Gasteiger partial charge in [-0.25, -0.2) is 4.98 Å². The topological polar surface area (TPSA) is 89.9 Å². The van der Waals surface area contributed by atoms with Crippen LogP contribution in [0.5, 0.6) is 0 Å². The molecule has 0 spiro atoms. The van der Waals surface area contributed by atoms with Gasteiger partial charge in [-0.2, -0.15) is 13.2 Å². The highest BCUT2D eigenvalue weighted by Crippen LogP contribution is 2.34. The minimum absolute atomic E-state index is 0.00509. The number of alkyl halides is 3. The number of halogens is 3. The van der Waals surface area contributed by atoms with Crippen molar-refractivity contribution in [1.82, 2.24) is 9.88 Å². The number of nitrogens with zero attached hydrogens (tertiary/aromatic N) is 2. The second-order valence-electron chi connectivity index (χ2n) is 4.21. The monoisotopic (exact) mass is 271 g/mol. The van der Waals surface area contributed by atoms with E-state index in [-0.39, 0.29) is 30.2 Å². The lowest BCUT2D eigenvalue weighted by Crippen LogP contribution is -2.46. The first-order chi connectivity index (χ1) is 8.80. The van der Waals surface area contributed by atoms with Crippen molar-refractivity contribution >= 4 is 17.5 Å². The Morgan fingerprint density at radius 2 is 2.11 bits per heavy atom. The van der Waals surface area contributed by atoms with Gasteiger partial charge in [0.25, 0.3) is 0 Å². The molecule has 4 N–H and O–H groups in total. The van der Waals surface area contributed by atoms with Crippen molar-refractivity contribution < 1.29 is 13.2 Å². The van der Waals surface area contributed by atoms with Crippen molar-refractivity contribution in [2.75, 3.05) is 5.73 Å². The molecule has 1 aliphatic rings. The van der Waals surface area contributed by atoms with Gasteiger partial charge in [-0.3, -0.25) is 10.8 Å². The number of likely N-dealkylation sites (tertiary alicyclic amines) is 1. The Morgan fingerprint density at radius 3 is 2.68 bits per heavy atom. The van der Waals surface area contributed by atoms with Crippen LogP contribution in [-0.4, -0.2) is 33.8 Å². The lowest BCUT2D eigenvalue weighted by Gasteiger charge is -2.27. The quantitative estimate of drug-likeness (QED) is 0.539. The van der Waals surface area contributed by atoms with Crippen molar-refractivity contribution in [2.45, 2.75) is 25.1 Å². The Morgan fingerprint density at radius 1 is 1.42 bits per heavy atom. The normalized spacial score (nSPS) is 19.8. The Bertz CT molecular complexity index is 525. The molecule has 0 aliphatic carbocycles. The molecule has 1 unspecified atom stereocenters. The highest BCUT2D eigenvalue weighted by molar-refractivity contribution is 6.07. The predicted molar refractivity (Wildman–Crippen MR) is 64.1 cm³/mol. The van der Waals surface area contributed by atoms with E-state index in [0.29, 0.717) is 4.90 Å². The van der Waals surface area contributed by atoms with Crippen molar-refractivity contribution in [3.63, 3.8) is 0 Å². The van der Waals surface area contributed by atoms with Gasteiger partial charge in [0.2, 0.25) is 0 Å². The first-order valence-corrected chi connectivity index (χ1v) is 5.55. The average molecular weight is 271 g/mol. The van der Waals surface area contributed by atoms with Gasteiger partial charge in [-0.1, -0.05) is 6.07 Å². The molecule has 0 radical (unpaired) electrons. The second-order valence-corrected chi connectivity index (χ2v) is 4.21. The summed E-state index contributed by atoms with van der Waals surface area (Å²) in [6, 6.07) is 2.55. The van der Waals surface area contributed by atoms with Crippen molar-refractivity contribution in [3.05, 3.63) is 23.9 Å². The molecule has 19 heavy (non-hydrogen) atoms. The number of aromatic nitrogens is 1. The highest BCUT2D eigenvalue weighted by Gasteiger charge is 2.49. The Balaban J connectivity index is 2.33. The Hall–Kier alpha value is -2.12. The molecule has 0 aromatic carbocycles. The van der Waals surface area contributed by atoms with Crippen molar-refractivity contribution in [1.29, 1.82) is 10.8 Å². The van der Waals surface area contributed by atoms with Gasteiger partial charge in [0.15, 0.2) is 5.84 Å². The minimum Gasteiger partial charge on any atom is -0.384 e. The fourth-order valence-corrected chi connectivity index (χ4v) is 2.02. The molecule has 1 aromatic heterocycles. The molecule has 2 heterocycles. The van der Waals surface area contributed by atoms with Gasteiger partial charge >= 0.3 is 6.18 Å². The number of nitrogen functional groups attached to an aromatic ring is 1. The summed E-state index contributed by atoms with van der Waals surface area (Å²) in [6.07, 6.45) is -4.70. The number of nitrogens with two attached hydrogens (primary N) is 1. The third kappa shape index (κ3) is 2.51. The van der Waals surface area contributed by atoms with E-state index >= 15 is 0 Å². The van der Waals surface area contributed by atoms with Crippen LogP contribution in [0.25, 0.3) is 0 Å². The van der Waals surface area contributed by atoms with Gasteiger partial charge < -0.3 is 10.6 Å². The van der Waals surface area contributed by atoms with Gasteiger partial charge in [0, 0.05) is 6.42 Å². The summed E-state index contributed by atoms with van der Waals surface area (Å²) < 4.78 is 38.6. The van der Waals surface area contributed by atoms with Crippen LogP contribution in [0.2, 0.25) is 0 Å². The summed E-state index contributed by atoms with van der Waals surface area (Å²) in [5.41, 5.74) is 5.48. The standard InChI is InChI=1S/C11H12F3N5/c12-11(13,14)7-4-5-9(16)19(7)10(17)6-2-1-3-8(15)18-6/h1-3,7,16-17H,4-5H2,(H2,15,18).